The molecule has 6 nitrogen and oxygen atoms in total. The number of carbonyl (C=O) groups is 2. The summed E-state index contributed by atoms with van der Waals surface area (Å²) in [7, 11) is 1.28. The Morgan fingerprint density at radius 2 is 1.94 bits per heavy atom. The number of ether oxygens (including phenoxy) is 1. The van der Waals surface area contributed by atoms with Gasteiger partial charge in [-0.25, -0.2) is 4.79 Å². The van der Waals surface area contributed by atoms with Gasteiger partial charge >= 0.3 is 5.97 Å². The highest BCUT2D eigenvalue weighted by Gasteiger charge is 2.22. The summed E-state index contributed by atoms with van der Waals surface area (Å²) in [5, 5.41) is 2.57. The molecule has 6 heteroatoms. The Labute approximate surface area is 105 Å². The lowest BCUT2D eigenvalue weighted by molar-refractivity contribution is -0.120. The maximum Gasteiger partial charge on any atom is 0.337 e. The van der Waals surface area contributed by atoms with Crippen molar-refractivity contribution in [3.63, 3.8) is 0 Å². The number of hydrogen-bond acceptors (Lipinski definition) is 5. The number of nitrogens with two attached hydrogens (primary N) is 2. The molecule has 98 valence electrons. The molecule has 0 radical (unpaired) electrons. The van der Waals surface area contributed by atoms with Crippen LogP contribution in [-0.4, -0.2) is 24.5 Å². The fraction of sp³-hybridized carbons (Fsp3) is 0.333. The largest absolute Gasteiger partial charge is 0.465 e. The predicted molar refractivity (Wildman–Crippen MR) is 69.1 cm³/mol. The Kier molecular flexibility index (Phi) is 3.93. The zero-order chi connectivity index (χ0) is 13.9. The Bertz CT molecular complexity index is 478. The highest BCUT2D eigenvalue weighted by atomic mass is 16.5. The molecule has 0 atom stereocenters. The number of nitrogen functional groups attached to an aromatic ring is 1. The maximum absolute atomic E-state index is 11.7. The molecule has 0 saturated carbocycles. The molecule has 0 heterocycles. The van der Waals surface area contributed by atoms with Crippen LogP contribution in [0.2, 0.25) is 0 Å². The van der Waals surface area contributed by atoms with E-state index >= 15 is 0 Å². The van der Waals surface area contributed by atoms with Crippen molar-refractivity contribution in [3.8, 4) is 0 Å². The zero-order valence-electron chi connectivity index (χ0n) is 10.6. The van der Waals surface area contributed by atoms with Gasteiger partial charge in [0.05, 0.1) is 29.6 Å². The quantitative estimate of drug-likeness (QED) is 0.542. The first kappa shape index (κ1) is 14.0. The van der Waals surface area contributed by atoms with Crippen LogP contribution < -0.4 is 16.8 Å². The maximum atomic E-state index is 11.7. The van der Waals surface area contributed by atoms with E-state index in [0.29, 0.717) is 16.9 Å². The van der Waals surface area contributed by atoms with Gasteiger partial charge in [-0.05, 0) is 32.0 Å². The number of nitrogens with one attached hydrogen (secondary N) is 1. The molecule has 1 rings (SSSR count). The molecular formula is C12H17N3O3. The highest BCUT2D eigenvalue weighted by Crippen LogP contribution is 2.21. The van der Waals surface area contributed by atoms with E-state index in [1.54, 1.807) is 13.8 Å². The van der Waals surface area contributed by atoms with Gasteiger partial charge in [0.2, 0.25) is 5.91 Å². The number of esters is 1. The van der Waals surface area contributed by atoms with Gasteiger partial charge in [0.15, 0.2) is 0 Å². The summed E-state index contributed by atoms with van der Waals surface area (Å²) in [5.41, 5.74) is 11.3. The first-order chi connectivity index (χ1) is 8.25. The summed E-state index contributed by atoms with van der Waals surface area (Å²) in [4.78, 5) is 23.1. The number of hydrogen-bond donors (Lipinski definition) is 3. The van der Waals surface area contributed by atoms with Gasteiger partial charge in [0, 0.05) is 0 Å². The van der Waals surface area contributed by atoms with E-state index in [4.69, 9.17) is 11.5 Å². The van der Waals surface area contributed by atoms with E-state index in [-0.39, 0.29) is 0 Å². The third-order valence-electron chi connectivity index (χ3n) is 2.31. The molecule has 0 aliphatic heterocycles. The molecule has 0 bridgehead atoms. The van der Waals surface area contributed by atoms with Gasteiger partial charge in [0.1, 0.15) is 0 Å². The minimum absolute atomic E-state index is 0.303. The van der Waals surface area contributed by atoms with Gasteiger partial charge in [-0.3, -0.25) is 4.79 Å². The number of amides is 1. The predicted octanol–water partition coefficient (Wildman–Crippen LogP) is 0.731. The Balaban J connectivity index is 3.02. The van der Waals surface area contributed by atoms with E-state index in [1.165, 1.54) is 25.3 Å². The van der Waals surface area contributed by atoms with Crippen molar-refractivity contribution >= 4 is 23.3 Å². The van der Waals surface area contributed by atoms with E-state index in [1.807, 2.05) is 0 Å². The van der Waals surface area contributed by atoms with Crippen molar-refractivity contribution in [2.75, 3.05) is 18.2 Å². The summed E-state index contributed by atoms with van der Waals surface area (Å²) >= 11 is 0. The highest BCUT2D eigenvalue weighted by molar-refractivity contribution is 6.01. The van der Waals surface area contributed by atoms with Crippen LogP contribution in [0, 0.1) is 0 Å². The lowest BCUT2D eigenvalue weighted by atomic mass is 10.1. The monoisotopic (exact) mass is 251 g/mol. The van der Waals surface area contributed by atoms with Crippen LogP contribution in [0.5, 0.6) is 0 Å². The normalized spacial score (nSPS) is 10.9. The van der Waals surface area contributed by atoms with Crippen LogP contribution in [0.1, 0.15) is 24.2 Å². The van der Waals surface area contributed by atoms with E-state index in [0.717, 1.165) is 0 Å². The Hall–Kier alpha value is -2.08. The molecule has 18 heavy (non-hydrogen) atoms. The van der Waals surface area contributed by atoms with Crippen molar-refractivity contribution in [1.82, 2.24) is 0 Å². The number of rotatable bonds is 3. The van der Waals surface area contributed by atoms with Gasteiger partial charge < -0.3 is 21.5 Å². The average Bonchev–Trinajstić information content (AvgIpc) is 2.29. The molecule has 5 N–H and O–H groups in total. The Morgan fingerprint density at radius 3 is 2.44 bits per heavy atom. The van der Waals surface area contributed by atoms with Crippen molar-refractivity contribution in [3.05, 3.63) is 23.8 Å². The van der Waals surface area contributed by atoms with Crippen LogP contribution in [0.3, 0.4) is 0 Å². The van der Waals surface area contributed by atoms with Gasteiger partial charge in [-0.15, -0.1) is 0 Å². The summed E-state index contributed by atoms with van der Waals surface area (Å²) in [5.74, 6) is -0.895. The second kappa shape index (κ2) is 5.05. The first-order valence-corrected chi connectivity index (χ1v) is 5.34. The molecule has 0 spiro atoms. The SMILES string of the molecule is COC(=O)c1ccc(N)c(NC(=O)C(C)(C)N)c1. The number of benzene rings is 1. The van der Waals surface area contributed by atoms with Crippen LogP contribution >= 0.6 is 0 Å². The second-order valence-electron chi connectivity index (χ2n) is 4.47. The molecule has 0 aliphatic rings. The molecule has 1 aromatic rings. The summed E-state index contributed by atoms with van der Waals surface area (Å²) in [6.07, 6.45) is 0. The molecule has 1 amide bonds. The number of anilines is 2. The topological polar surface area (TPSA) is 107 Å². The second-order valence-corrected chi connectivity index (χ2v) is 4.47. The number of carbonyl (C=O) groups excluding carboxylic acids is 2. The third kappa shape index (κ3) is 3.21. The van der Waals surface area contributed by atoms with Crippen LogP contribution in [0.15, 0.2) is 18.2 Å². The van der Waals surface area contributed by atoms with E-state index in [2.05, 4.69) is 10.1 Å². The van der Waals surface area contributed by atoms with Crippen molar-refractivity contribution in [2.24, 2.45) is 5.73 Å². The molecule has 0 saturated heterocycles. The molecule has 0 unspecified atom stereocenters. The van der Waals surface area contributed by atoms with Crippen molar-refractivity contribution in [2.45, 2.75) is 19.4 Å². The smallest absolute Gasteiger partial charge is 0.337 e. The fourth-order valence-electron chi connectivity index (χ4n) is 1.19. The minimum Gasteiger partial charge on any atom is -0.465 e. The van der Waals surface area contributed by atoms with Crippen LogP contribution in [0.25, 0.3) is 0 Å². The molecule has 0 aliphatic carbocycles. The first-order valence-electron chi connectivity index (χ1n) is 5.34. The molecule has 0 aromatic heterocycles. The zero-order valence-corrected chi connectivity index (χ0v) is 10.6. The third-order valence-corrected chi connectivity index (χ3v) is 2.31. The van der Waals surface area contributed by atoms with Crippen molar-refractivity contribution < 1.29 is 14.3 Å². The van der Waals surface area contributed by atoms with Crippen LogP contribution in [0.4, 0.5) is 11.4 Å². The van der Waals surface area contributed by atoms with E-state index < -0.39 is 17.4 Å². The summed E-state index contributed by atoms with van der Waals surface area (Å²) < 4.78 is 4.59. The van der Waals surface area contributed by atoms with Gasteiger partial charge in [-0.1, -0.05) is 0 Å². The molecule has 1 aromatic carbocycles. The number of methoxy groups -OCH3 is 1. The fourth-order valence-corrected chi connectivity index (χ4v) is 1.19. The van der Waals surface area contributed by atoms with Gasteiger partial charge in [-0.2, -0.15) is 0 Å². The summed E-state index contributed by atoms with van der Waals surface area (Å²) in [6.45, 7) is 3.14. The lowest BCUT2D eigenvalue weighted by Crippen LogP contribution is -2.45. The molecule has 0 fully saturated rings. The van der Waals surface area contributed by atoms with E-state index in [9.17, 15) is 9.59 Å². The van der Waals surface area contributed by atoms with Crippen LogP contribution in [-0.2, 0) is 9.53 Å². The molecular weight excluding hydrogens is 234 g/mol. The minimum atomic E-state index is -1.03. The van der Waals surface area contributed by atoms with Crippen molar-refractivity contribution in [1.29, 1.82) is 0 Å². The lowest BCUT2D eigenvalue weighted by Gasteiger charge is -2.18. The Morgan fingerprint density at radius 1 is 1.33 bits per heavy atom. The van der Waals surface area contributed by atoms with Gasteiger partial charge in [0.25, 0.3) is 0 Å². The average molecular weight is 251 g/mol. The standard InChI is InChI=1S/C12H17N3O3/c1-12(2,14)11(17)15-9-6-7(10(16)18-3)4-5-8(9)13/h4-6H,13-14H2,1-3H3,(H,15,17). The summed E-state index contributed by atoms with van der Waals surface area (Å²) in [6, 6.07) is 4.49.